The van der Waals surface area contributed by atoms with Crippen molar-refractivity contribution in [3.63, 3.8) is 0 Å². The van der Waals surface area contributed by atoms with Crippen LogP contribution in [0.15, 0.2) is 295 Å². The predicted octanol–water partition coefficient (Wildman–Crippen LogP) is 15.8. The molecule has 0 fully saturated rings. The number of urea groups is 4. The van der Waals surface area contributed by atoms with Gasteiger partial charge in [-0.15, -0.1) is 40.8 Å². The van der Waals surface area contributed by atoms with Crippen LogP contribution < -0.4 is 105 Å². The number of rotatable bonds is 16. The third-order valence-electron chi connectivity index (χ3n) is 19.8. The molecule has 50 heteroatoms. The third-order valence-corrected chi connectivity index (χ3v) is 22.1. The molecule has 4 aliphatic heterocycles. The monoisotopic (exact) mass is 2010 g/mol. The van der Waals surface area contributed by atoms with Gasteiger partial charge in [-0.25, -0.2) is 48.6 Å². The minimum Gasteiger partial charge on any atom is -0.434 e. The molecule has 16 aromatic rings. The molecule has 0 atom stereocenters. The number of halogens is 8. The maximum absolute atomic E-state index is 12.5. The second-order valence-electron chi connectivity index (χ2n) is 29.0. The molecular weight excluding hydrogens is 1950 g/mol. The fourth-order valence-electron chi connectivity index (χ4n) is 13.2. The van der Waals surface area contributed by atoms with E-state index in [1.54, 1.807) is 52.0 Å². The van der Waals surface area contributed by atoms with E-state index in [0.717, 1.165) is 52.9 Å². The number of carbonyl (C=O) groups is 4. The number of aromatic amines is 4. The van der Waals surface area contributed by atoms with Crippen molar-refractivity contribution in [3.8, 4) is 91.3 Å². The van der Waals surface area contributed by atoms with Crippen molar-refractivity contribution in [2.45, 2.75) is 0 Å². The number of nitrogens with one attached hydrogen (secondary N) is 8. The van der Waals surface area contributed by atoms with E-state index in [9.17, 15) is 38.4 Å². The summed E-state index contributed by atoms with van der Waals surface area (Å²) in [5.41, 5.74) is 29.6. The third kappa shape index (κ3) is 19.6. The number of amidine groups is 4. The fraction of sp³-hybridized carbons (Fsp3) is 0. The van der Waals surface area contributed by atoms with Crippen molar-refractivity contribution in [1.29, 1.82) is 0 Å². The Kier molecular flexibility index (Phi) is 25.8. The number of anilines is 4. The van der Waals surface area contributed by atoms with Crippen LogP contribution in [0.1, 0.15) is 0 Å². The highest BCUT2D eigenvalue weighted by molar-refractivity contribution is 6.40. The number of pyridine rings is 4. The van der Waals surface area contributed by atoms with Gasteiger partial charge in [-0.1, -0.05) is 162 Å². The molecule has 0 bridgehead atoms. The summed E-state index contributed by atoms with van der Waals surface area (Å²) >= 11 is 51.3. The molecule has 8 amide bonds. The lowest BCUT2D eigenvalue weighted by Gasteiger charge is -2.24. The highest BCUT2D eigenvalue weighted by Gasteiger charge is 2.32. The van der Waals surface area contributed by atoms with Gasteiger partial charge in [-0.3, -0.25) is 29.1 Å². The number of H-pyrrole nitrogens is 4. The van der Waals surface area contributed by atoms with Gasteiger partial charge < -0.3 is 63.1 Å². The molecule has 0 saturated carbocycles. The summed E-state index contributed by atoms with van der Waals surface area (Å²) in [6.45, 7) is 14.4. The maximum Gasteiger partial charge on any atom is 0.347 e. The standard InChI is InChI=1S/2C23H15Cl2N7O3.2C21H14Cl2N8O3/c1-11-21(26)31-32(23(34)28-11)14-8-16(24)20(17(25)9-14)35-22-15(10-19(33)29-30-22)12-4-5-18-13(7-12)3-2-6-27-18;1-11-21(26)31-32(23(34)28-11)14-7-16(24)20(17(25)8-14)35-19-9-15(22(33)30-29-19)13-6-12-4-2-3-5-18(12)27-10-13;1-10-19(24)29-31(21(33)25-10)12-6-14(22)18(15(23)7-12)34-17-9-13(20(32)27-26-17)16-8-11-4-2-3-5-30(11)28-16;1-10-19(24)29-31(21(33)25-10)12-6-14(22)18(15(23)7-12)34-20-13(9-17(32)26-27-20)16-8-11-4-2-3-5-30(11)28-16/h2-10H,1H2,(H2,26,31)(H,28,34)(H,29,33);2-10H,1H2,(H2,26,31)(H,28,34)(H,30,33);2-9H,1H2,(H2,24,29)(H,25,33)(H,27,32);2-9H,1H2,(H2,24,29)(H,25,33)(H,26,32). The predicted molar refractivity (Wildman–Crippen MR) is 523 cm³/mol. The summed E-state index contributed by atoms with van der Waals surface area (Å²) in [6.07, 6.45) is 6.83. The number of amides is 8. The smallest absolute Gasteiger partial charge is 0.347 e. The second kappa shape index (κ2) is 38.6. The second-order valence-corrected chi connectivity index (χ2v) is 32.3. The van der Waals surface area contributed by atoms with Crippen molar-refractivity contribution in [2.75, 3.05) is 20.0 Å². The molecule has 6 aromatic carbocycles. The minimum atomic E-state index is -0.587. The van der Waals surface area contributed by atoms with Gasteiger partial charge in [0.1, 0.15) is 0 Å². The van der Waals surface area contributed by atoms with Gasteiger partial charge in [0.15, 0.2) is 46.3 Å². The van der Waals surface area contributed by atoms with Gasteiger partial charge in [0.05, 0.1) is 141 Å². The van der Waals surface area contributed by atoms with E-state index < -0.39 is 46.4 Å². The molecule has 0 aliphatic carbocycles. The van der Waals surface area contributed by atoms with Crippen LogP contribution in [0.25, 0.3) is 77.6 Å². The number of para-hydroxylation sites is 1. The van der Waals surface area contributed by atoms with Gasteiger partial charge in [-0.2, -0.15) is 30.2 Å². The largest absolute Gasteiger partial charge is 0.434 e. The number of nitrogens with zero attached hydrogens (tertiary/aromatic N) is 18. The van der Waals surface area contributed by atoms with Crippen LogP contribution in [0.5, 0.6) is 46.5 Å². The number of aromatic nitrogens is 14. The highest BCUT2D eigenvalue weighted by Crippen LogP contribution is 2.47. The van der Waals surface area contributed by atoms with Crippen LogP contribution >= 0.6 is 92.8 Å². The molecule has 688 valence electrons. The van der Waals surface area contributed by atoms with E-state index in [1.165, 1.54) is 72.8 Å². The zero-order valence-electron chi connectivity index (χ0n) is 69.7. The first-order valence-electron chi connectivity index (χ1n) is 39.4. The van der Waals surface area contributed by atoms with Crippen LogP contribution in [0.2, 0.25) is 40.2 Å². The molecule has 20 rings (SSSR count). The first-order chi connectivity index (χ1) is 66.2. The normalized spacial score (nSPS) is 13.6. The Morgan fingerprint density at radius 3 is 1.11 bits per heavy atom. The van der Waals surface area contributed by atoms with E-state index >= 15 is 0 Å². The minimum absolute atomic E-state index is 0.0221. The van der Waals surface area contributed by atoms with Crippen molar-refractivity contribution >= 4 is 196 Å². The number of benzene rings is 6. The number of fused-ring (bicyclic) bond motifs is 4. The number of hydrogen-bond acceptors (Lipinski definition) is 28. The van der Waals surface area contributed by atoms with E-state index in [2.05, 4.69) is 129 Å². The molecule has 10 aromatic heterocycles. The number of carbonyl (C=O) groups excluding carboxylic acids is 4. The first kappa shape index (κ1) is 92.3. The number of ether oxygens (including phenoxy) is 4. The summed E-state index contributed by atoms with van der Waals surface area (Å²) in [7, 11) is 0. The van der Waals surface area contributed by atoms with E-state index in [0.29, 0.717) is 39.2 Å². The Bertz CT molecular complexity index is 8130. The summed E-state index contributed by atoms with van der Waals surface area (Å²) in [6, 6.07) is 47.9. The van der Waals surface area contributed by atoms with Crippen LogP contribution in [-0.2, 0) is 0 Å². The lowest BCUT2D eigenvalue weighted by molar-refractivity contribution is 0.247. The molecule has 4 aliphatic rings. The van der Waals surface area contributed by atoms with Crippen LogP contribution in [-0.4, -0.2) is 117 Å². The first-order valence-corrected chi connectivity index (χ1v) is 42.5. The topological polar surface area (TPSA) is 563 Å². The molecular formula is C88H58Cl8N30O12. The molecule has 14 heterocycles. The Morgan fingerprint density at radius 2 is 0.681 bits per heavy atom. The number of hydrogen-bond donors (Lipinski definition) is 12. The van der Waals surface area contributed by atoms with E-state index in [1.807, 2.05) is 91.0 Å². The lowest BCUT2D eigenvalue weighted by atomic mass is 10.0. The SMILES string of the molecule is C=C1NC(=O)N(c2cc(Cl)c(Oc3cc(-c4cc5ccccn5n4)c(=O)[nH]n3)c(Cl)c2)N=C1N.C=C1NC(=O)N(c2cc(Cl)c(Oc3cc(-c4cnc5ccccc5c4)c(=O)[nH]n3)c(Cl)c2)N=C1N.C=C1NC(=O)N(c2cc(Cl)c(Oc3n[nH]c(=O)cc3-c3cc4ccccn4n3)c(Cl)c2)N=C1N.C=C1NC(=O)N(c2cc(Cl)c(Oc3n[nH]c(=O)cc3-c3ccc4ncccc4c3)c(Cl)c2)N=C1N. The molecule has 0 saturated heterocycles. The number of hydrazone groups is 4. The quantitative estimate of drug-likeness (QED) is 0.0427. The van der Waals surface area contributed by atoms with Gasteiger partial charge >= 0.3 is 24.1 Å². The Hall–Kier alpha value is -17.5. The molecule has 42 nitrogen and oxygen atoms in total. The highest BCUT2D eigenvalue weighted by atomic mass is 35.5. The average Bonchev–Trinajstić information content (AvgIpc) is 1.35. The summed E-state index contributed by atoms with van der Waals surface area (Å²) in [4.78, 5) is 107. The zero-order valence-corrected chi connectivity index (χ0v) is 75.8. The molecule has 0 radical (unpaired) electrons. The van der Waals surface area contributed by atoms with Gasteiger partial charge in [0.2, 0.25) is 23.5 Å². The molecule has 16 N–H and O–H groups in total. The van der Waals surface area contributed by atoms with E-state index in [4.69, 9.17) is 135 Å². The Morgan fingerprint density at radius 1 is 0.326 bits per heavy atom. The lowest BCUT2D eigenvalue weighted by Crippen LogP contribution is -2.45. The summed E-state index contributed by atoms with van der Waals surface area (Å²) in [5.74, 6) is 0.531. The number of nitrogens with two attached hydrogens (primary N) is 4. The summed E-state index contributed by atoms with van der Waals surface area (Å²) in [5, 5.41) is 66.3. The summed E-state index contributed by atoms with van der Waals surface area (Å²) < 4.78 is 26.7. The van der Waals surface area contributed by atoms with Crippen LogP contribution in [0.4, 0.5) is 41.9 Å². The average molecular weight is 2010 g/mol. The van der Waals surface area contributed by atoms with Crippen molar-refractivity contribution in [2.24, 2.45) is 43.3 Å². The Labute approximate surface area is 811 Å². The van der Waals surface area contributed by atoms with Gasteiger partial charge in [0, 0.05) is 65.4 Å². The van der Waals surface area contributed by atoms with Crippen molar-refractivity contribution in [3.05, 3.63) is 337 Å². The maximum atomic E-state index is 12.5. The van der Waals surface area contributed by atoms with Crippen molar-refractivity contribution in [1.82, 2.24) is 91.3 Å². The van der Waals surface area contributed by atoms with Crippen molar-refractivity contribution < 1.29 is 38.1 Å². The van der Waals surface area contributed by atoms with Crippen LogP contribution in [0, 0.1) is 0 Å². The van der Waals surface area contributed by atoms with Gasteiger partial charge in [-0.05, 0) is 121 Å². The molecule has 138 heavy (non-hydrogen) atoms. The fourth-order valence-corrected chi connectivity index (χ4v) is 15.4. The molecule has 0 unspecified atom stereocenters. The zero-order chi connectivity index (χ0) is 97.3. The van der Waals surface area contributed by atoms with Crippen LogP contribution in [0.3, 0.4) is 0 Å². The van der Waals surface area contributed by atoms with E-state index in [-0.39, 0.29) is 161 Å². The van der Waals surface area contributed by atoms with Gasteiger partial charge in [0.25, 0.3) is 22.2 Å². The Balaban J connectivity index is 0.000000127. The molecule has 0 spiro atoms.